The number of fused-ring (bicyclic) bond motifs is 1. The second kappa shape index (κ2) is 5.96. The van der Waals surface area contributed by atoms with E-state index in [1.54, 1.807) is 0 Å². The molecule has 0 N–H and O–H groups in total. The van der Waals surface area contributed by atoms with E-state index >= 15 is 0 Å². The number of alkyl halides is 3. The van der Waals surface area contributed by atoms with Crippen LogP contribution in [-0.4, -0.2) is 24.0 Å². The Morgan fingerprint density at radius 1 is 1.21 bits per heavy atom. The van der Waals surface area contributed by atoms with Crippen LogP contribution in [0, 0.1) is 0 Å². The minimum atomic E-state index is -4.25. The second-order valence-corrected chi connectivity index (χ2v) is 5.15. The van der Waals surface area contributed by atoms with Crippen molar-refractivity contribution in [3.05, 3.63) is 34.9 Å². The van der Waals surface area contributed by atoms with E-state index in [4.69, 9.17) is 0 Å². The molecular formula is C13H13BrF3NO. The SMILES string of the molecule is FC(F)(F)COCCCn1ccc2ccc(Br)cc21. The van der Waals surface area contributed by atoms with E-state index in [1.165, 1.54) is 0 Å². The number of hydrogen-bond acceptors (Lipinski definition) is 1. The smallest absolute Gasteiger partial charge is 0.372 e. The number of nitrogens with zero attached hydrogens (tertiary/aromatic N) is 1. The summed E-state index contributed by atoms with van der Waals surface area (Å²) in [5, 5.41) is 1.11. The summed E-state index contributed by atoms with van der Waals surface area (Å²) in [5.74, 6) is 0. The number of ether oxygens (including phenoxy) is 1. The van der Waals surface area contributed by atoms with E-state index < -0.39 is 12.8 Å². The summed E-state index contributed by atoms with van der Waals surface area (Å²) in [6, 6.07) is 7.93. The van der Waals surface area contributed by atoms with Crippen molar-refractivity contribution in [2.75, 3.05) is 13.2 Å². The van der Waals surface area contributed by atoms with Gasteiger partial charge in [-0.25, -0.2) is 0 Å². The third kappa shape index (κ3) is 4.24. The number of hydrogen-bond donors (Lipinski definition) is 0. The molecule has 0 atom stereocenters. The van der Waals surface area contributed by atoms with Crippen LogP contribution in [0.1, 0.15) is 6.42 Å². The molecule has 0 saturated heterocycles. The lowest BCUT2D eigenvalue weighted by atomic mass is 10.2. The molecule has 0 aliphatic carbocycles. The molecule has 1 aromatic carbocycles. The zero-order valence-electron chi connectivity index (χ0n) is 10.1. The fourth-order valence-corrected chi connectivity index (χ4v) is 2.23. The summed E-state index contributed by atoms with van der Waals surface area (Å²) >= 11 is 3.40. The van der Waals surface area contributed by atoms with Gasteiger partial charge in [-0.15, -0.1) is 0 Å². The highest BCUT2D eigenvalue weighted by Gasteiger charge is 2.27. The van der Waals surface area contributed by atoms with Crippen LogP contribution in [-0.2, 0) is 11.3 Å². The molecule has 0 fully saturated rings. The van der Waals surface area contributed by atoms with Gasteiger partial charge in [0.1, 0.15) is 6.61 Å². The van der Waals surface area contributed by atoms with Crippen LogP contribution >= 0.6 is 15.9 Å². The molecule has 1 aromatic heterocycles. The number of rotatable bonds is 5. The van der Waals surface area contributed by atoms with E-state index in [0.29, 0.717) is 13.0 Å². The first-order valence-electron chi connectivity index (χ1n) is 5.84. The Kier molecular flexibility index (Phi) is 4.52. The normalized spacial score (nSPS) is 12.2. The van der Waals surface area contributed by atoms with Crippen molar-refractivity contribution in [1.29, 1.82) is 0 Å². The van der Waals surface area contributed by atoms with Gasteiger partial charge in [0.05, 0.1) is 0 Å². The predicted molar refractivity (Wildman–Crippen MR) is 71.1 cm³/mol. The summed E-state index contributed by atoms with van der Waals surface area (Å²) in [4.78, 5) is 0. The van der Waals surface area contributed by atoms with Gasteiger partial charge in [-0.3, -0.25) is 0 Å². The molecule has 0 aliphatic heterocycles. The van der Waals surface area contributed by atoms with Crippen molar-refractivity contribution in [2.45, 2.75) is 19.1 Å². The van der Waals surface area contributed by atoms with Gasteiger partial charge < -0.3 is 9.30 Å². The average Bonchev–Trinajstić information content (AvgIpc) is 2.70. The first-order valence-corrected chi connectivity index (χ1v) is 6.64. The van der Waals surface area contributed by atoms with Gasteiger partial charge in [0, 0.05) is 29.3 Å². The van der Waals surface area contributed by atoms with Gasteiger partial charge in [0.15, 0.2) is 0 Å². The van der Waals surface area contributed by atoms with Crippen LogP contribution < -0.4 is 0 Å². The van der Waals surface area contributed by atoms with Gasteiger partial charge in [-0.1, -0.05) is 22.0 Å². The molecule has 0 radical (unpaired) electrons. The van der Waals surface area contributed by atoms with Crippen LogP contribution in [0.25, 0.3) is 10.9 Å². The van der Waals surface area contributed by atoms with Crippen molar-refractivity contribution >= 4 is 26.8 Å². The first-order chi connectivity index (χ1) is 8.96. The lowest BCUT2D eigenvalue weighted by molar-refractivity contribution is -0.174. The maximum Gasteiger partial charge on any atom is 0.411 e. The zero-order chi connectivity index (χ0) is 13.9. The molecule has 0 saturated carbocycles. The van der Waals surface area contributed by atoms with Crippen LogP contribution in [0.5, 0.6) is 0 Å². The topological polar surface area (TPSA) is 14.2 Å². The van der Waals surface area contributed by atoms with Gasteiger partial charge in [0.2, 0.25) is 0 Å². The van der Waals surface area contributed by atoms with Crippen LogP contribution in [0.2, 0.25) is 0 Å². The fraction of sp³-hybridized carbons (Fsp3) is 0.385. The van der Waals surface area contributed by atoms with E-state index in [9.17, 15) is 13.2 Å². The zero-order valence-corrected chi connectivity index (χ0v) is 11.7. The molecule has 2 nitrogen and oxygen atoms in total. The Labute approximate surface area is 117 Å². The summed E-state index contributed by atoms with van der Waals surface area (Å²) in [6.07, 6.45) is -1.77. The lowest BCUT2D eigenvalue weighted by Gasteiger charge is -2.08. The number of aromatic nitrogens is 1. The molecule has 2 aromatic rings. The van der Waals surface area contributed by atoms with Gasteiger partial charge in [0.25, 0.3) is 0 Å². The first kappa shape index (κ1) is 14.4. The monoisotopic (exact) mass is 335 g/mol. The lowest BCUT2D eigenvalue weighted by Crippen LogP contribution is -2.17. The maximum atomic E-state index is 11.9. The summed E-state index contributed by atoms with van der Waals surface area (Å²) in [5.41, 5.74) is 1.06. The summed E-state index contributed by atoms with van der Waals surface area (Å²) in [6.45, 7) is -0.435. The molecule has 0 unspecified atom stereocenters. The van der Waals surface area contributed by atoms with Crippen LogP contribution in [0.4, 0.5) is 13.2 Å². The second-order valence-electron chi connectivity index (χ2n) is 4.23. The Hall–Kier alpha value is -1.01. The van der Waals surface area contributed by atoms with Crippen molar-refractivity contribution in [1.82, 2.24) is 4.57 Å². The molecule has 6 heteroatoms. The third-order valence-electron chi connectivity index (χ3n) is 2.69. The Balaban J connectivity index is 1.86. The van der Waals surface area contributed by atoms with Gasteiger partial charge in [-0.05, 0) is 30.0 Å². The van der Waals surface area contributed by atoms with Crippen LogP contribution in [0.3, 0.4) is 0 Å². The van der Waals surface area contributed by atoms with E-state index in [1.807, 2.05) is 35.0 Å². The maximum absolute atomic E-state index is 11.9. The Bertz CT molecular complexity index is 550. The molecular weight excluding hydrogens is 323 g/mol. The molecule has 0 aliphatic rings. The predicted octanol–water partition coefficient (Wildman–Crippen LogP) is 4.37. The molecule has 0 bridgehead atoms. The van der Waals surface area contributed by atoms with E-state index in [-0.39, 0.29) is 6.61 Å². The van der Waals surface area contributed by atoms with Crippen molar-refractivity contribution in [3.63, 3.8) is 0 Å². The molecule has 1 heterocycles. The van der Waals surface area contributed by atoms with Crippen molar-refractivity contribution in [2.24, 2.45) is 0 Å². The molecule has 0 amide bonds. The minimum absolute atomic E-state index is 0.104. The summed E-state index contributed by atoms with van der Waals surface area (Å²) < 4.78 is 43.2. The molecule has 104 valence electrons. The van der Waals surface area contributed by atoms with Gasteiger partial charge in [-0.2, -0.15) is 13.2 Å². The van der Waals surface area contributed by atoms with Gasteiger partial charge >= 0.3 is 6.18 Å². The molecule has 19 heavy (non-hydrogen) atoms. The van der Waals surface area contributed by atoms with Crippen LogP contribution in [0.15, 0.2) is 34.9 Å². The number of benzene rings is 1. The number of halogens is 4. The average molecular weight is 336 g/mol. The minimum Gasteiger partial charge on any atom is -0.372 e. The highest BCUT2D eigenvalue weighted by molar-refractivity contribution is 9.10. The quantitative estimate of drug-likeness (QED) is 0.740. The van der Waals surface area contributed by atoms with E-state index in [0.717, 1.165) is 15.4 Å². The number of aryl methyl sites for hydroxylation is 1. The Morgan fingerprint density at radius 2 is 2.00 bits per heavy atom. The highest BCUT2D eigenvalue weighted by Crippen LogP contribution is 2.21. The highest BCUT2D eigenvalue weighted by atomic mass is 79.9. The summed E-state index contributed by atoms with van der Waals surface area (Å²) in [7, 11) is 0. The molecule has 2 rings (SSSR count). The van der Waals surface area contributed by atoms with Crippen molar-refractivity contribution in [3.8, 4) is 0 Å². The third-order valence-corrected chi connectivity index (χ3v) is 3.18. The largest absolute Gasteiger partial charge is 0.411 e. The fourth-order valence-electron chi connectivity index (χ4n) is 1.88. The standard InChI is InChI=1S/C13H13BrF3NO/c14-11-3-2-10-4-6-18(12(10)8-11)5-1-7-19-9-13(15,16)17/h2-4,6,8H,1,5,7,9H2. The van der Waals surface area contributed by atoms with Crippen molar-refractivity contribution < 1.29 is 17.9 Å². The molecule has 0 spiro atoms. The Morgan fingerprint density at radius 3 is 2.74 bits per heavy atom. The van der Waals surface area contributed by atoms with E-state index in [2.05, 4.69) is 20.7 Å².